The van der Waals surface area contributed by atoms with Gasteiger partial charge in [-0.1, -0.05) is 18.2 Å². The van der Waals surface area contributed by atoms with Crippen LogP contribution >= 0.6 is 0 Å². The standard InChI is InChI=1S/C27H41N9O7/c28-10-4-3-9-19(34-23(39)17(29)7-5-11-32-27(30)31)24(40)35-20(25(41)36-21(26(42)43)13-22(37)38)12-15-14-33-18-8-2-1-6-16(15)18/h1-2,6,8,14,17,19-21,33H,3-5,7,9-13,28-29H2,(H,34,39)(H,35,40)(H,36,41)(H,37,38)(H,42,43)(H4,30,31,32). The number of carboxylic acid groups (broad SMARTS) is 2. The fourth-order valence-electron chi connectivity index (χ4n) is 4.34. The number of aromatic amines is 1. The Hall–Kier alpha value is -4.70. The molecule has 2 rings (SSSR count). The highest BCUT2D eigenvalue weighted by Crippen LogP contribution is 2.19. The van der Waals surface area contributed by atoms with Gasteiger partial charge < -0.3 is 54.1 Å². The van der Waals surface area contributed by atoms with E-state index in [1.807, 2.05) is 18.2 Å². The zero-order valence-electron chi connectivity index (χ0n) is 23.8. The van der Waals surface area contributed by atoms with Crippen LogP contribution in [-0.2, 0) is 30.4 Å². The zero-order chi connectivity index (χ0) is 31.9. The molecule has 0 aliphatic heterocycles. The minimum atomic E-state index is -1.73. The molecule has 0 saturated carbocycles. The molecule has 0 aliphatic carbocycles. The number of unbranched alkanes of at least 4 members (excludes halogenated alkanes) is 1. The molecule has 0 radical (unpaired) electrons. The van der Waals surface area contributed by atoms with Crippen molar-refractivity contribution in [3.63, 3.8) is 0 Å². The summed E-state index contributed by atoms with van der Waals surface area (Å²) in [5.74, 6) is -5.27. The topological polar surface area (TPSA) is 294 Å². The molecule has 0 aliphatic rings. The number of fused-ring (bicyclic) bond motifs is 1. The summed E-state index contributed by atoms with van der Waals surface area (Å²) in [6.45, 7) is 0.631. The second-order valence-electron chi connectivity index (χ2n) is 10.0. The number of nitrogens with zero attached hydrogens (tertiary/aromatic N) is 1. The first kappa shape index (κ1) is 34.5. The average molecular weight is 604 g/mol. The maximum atomic E-state index is 13.5. The largest absolute Gasteiger partial charge is 0.481 e. The summed E-state index contributed by atoms with van der Waals surface area (Å²) < 4.78 is 0. The van der Waals surface area contributed by atoms with Crippen LogP contribution < -0.4 is 38.9 Å². The van der Waals surface area contributed by atoms with Crippen molar-refractivity contribution in [2.24, 2.45) is 27.9 Å². The first-order valence-corrected chi connectivity index (χ1v) is 13.8. The number of amides is 3. The van der Waals surface area contributed by atoms with E-state index in [1.165, 1.54) is 0 Å². The predicted molar refractivity (Wildman–Crippen MR) is 158 cm³/mol. The fourth-order valence-corrected chi connectivity index (χ4v) is 4.34. The maximum Gasteiger partial charge on any atom is 0.326 e. The number of nitrogens with one attached hydrogen (secondary N) is 4. The van der Waals surface area contributed by atoms with Crippen LogP contribution in [0.5, 0.6) is 0 Å². The van der Waals surface area contributed by atoms with Crippen molar-refractivity contribution in [2.75, 3.05) is 13.1 Å². The van der Waals surface area contributed by atoms with E-state index in [1.54, 1.807) is 12.3 Å². The summed E-state index contributed by atoms with van der Waals surface area (Å²) in [6, 6.07) is 2.15. The number of para-hydroxylation sites is 1. The number of rotatable bonds is 19. The number of hydrogen-bond acceptors (Lipinski definition) is 8. The third-order valence-electron chi connectivity index (χ3n) is 6.61. The Morgan fingerprint density at radius 1 is 0.860 bits per heavy atom. The Balaban J connectivity index is 2.26. The van der Waals surface area contributed by atoms with Crippen molar-refractivity contribution in [2.45, 2.75) is 69.1 Å². The number of carbonyl (C=O) groups excluding carboxylic acids is 3. The molecule has 43 heavy (non-hydrogen) atoms. The van der Waals surface area contributed by atoms with Crippen LogP contribution in [0.25, 0.3) is 10.9 Å². The first-order chi connectivity index (χ1) is 20.4. The van der Waals surface area contributed by atoms with Crippen LogP contribution in [0.15, 0.2) is 35.5 Å². The molecular weight excluding hydrogens is 562 g/mol. The summed E-state index contributed by atoms with van der Waals surface area (Å²) in [5.41, 5.74) is 23.6. The van der Waals surface area contributed by atoms with Crippen LogP contribution in [0.2, 0.25) is 0 Å². The quantitative estimate of drug-likeness (QED) is 0.0487. The zero-order valence-corrected chi connectivity index (χ0v) is 23.8. The van der Waals surface area contributed by atoms with Crippen LogP contribution in [0.3, 0.4) is 0 Å². The number of aliphatic carboxylic acids is 2. The fraction of sp³-hybridized carbons (Fsp3) is 0.481. The molecule has 236 valence electrons. The average Bonchev–Trinajstić information content (AvgIpc) is 3.36. The SMILES string of the molecule is NCCCCC(NC(=O)C(N)CCCN=C(N)N)C(=O)NC(Cc1c[nH]c2ccccc12)C(=O)NC(CC(=O)O)C(=O)O. The Morgan fingerprint density at radius 3 is 2.16 bits per heavy atom. The number of carboxylic acids is 2. The van der Waals surface area contributed by atoms with Gasteiger partial charge in [-0.3, -0.25) is 24.2 Å². The van der Waals surface area contributed by atoms with Gasteiger partial charge in [0.05, 0.1) is 12.5 Å². The van der Waals surface area contributed by atoms with Gasteiger partial charge in [0.15, 0.2) is 5.96 Å². The Morgan fingerprint density at radius 2 is 1.51 bits per heavy atom. The highest BCUT2D eigenvalue weighted by molar-refractivity contribution is 5.95. The van der Waals surface area contributed by atoms with E-state index in [-0.39, 0.29) is 31.8 Å². The third-order valence-corrected chi connectivity index (χ3v) is 6.61. The molecule has 0 saturated heterocycles. The van der Waals surface area contributed by atoms with E-state index < -0.39 is 60.2 Å². The van der Waals surface area contributed by atoms with E-state index in [0.717, 1.165) is 10.9 Å². The van der Waals surface area contributed by atoms with Crippen LogP contribution in [-0.4, -0.2) is 88.1 Å². The van der Waals surface area contributed by atoms with Crippen LogP contribution in [0.1, 0.15) is 44.1 Å². The van der Waals surface area contributed by atoms with Crippen LogP contribution in [0, 0.1) is 0 Å². The van der Waals surface area contributed by atoms with Gasteiger partial charge in [0.25, 0.3) is 0 Å². The summed E-state index contributed by atoms with van der Waals surface area (Å²) in [5, 5.41) is 26.7. The van der Waals surface area contributed by atoms with Crippen molar-refractivity contribution < 1.29 is 34.2 Å². The third kappa shape index (κ3) is 11.6. The molecule has 1 heterocycles. The van der Waals surface area contributed by atoms with Crippen LogP contribution in [0.4, 0.5) is 0 Å². The predicted octanol–water partition coefficient (Wildman–Crippen LogP) is -1.77. The lowest BCUT2D eigenvalue weighted by molar-refractivity contribution is -0.147. The van der Waals surface area contributed by atoms with Gasteiger partial charge >= 0.3 is 11.9 Å². The van der Waals surface area contributed by atoms with Crippen molar-refractivity contribution >= 4 is 46.5 Å². The minimum Gasteiger partial charge on any atom is -0.481 e. The first-order valence-electron chi connectivity index (χ1n) is 13.8. The number of guanidine groups is 1. The van der Waals surface area contributed by atoms with Gasteiger partial charge in [-0.25, -0.2) is 4.79 Å². The van der Waals surface area contributed by atoms with E-state index >= 15 is 0 Å². The molecule has 0 fully saturated rings. The van der Waals surface area contributed by atoms with Gasteiger partial charge in [0.1, 0.15) is 18.1 Å². The lowest BCUT2D eigenvalue weighted by Crippen LogP contribution is -2.57. The van der Waals surface area contributed by atoms with E-state index in [4.69, 9.17) is 28.0 Å². The van der Waals surface area contributed by atoms with Crippen molar-refractivity contribution in [1.29, 1.82) is 0 Å². The van der Waals surface area contributed by atoms with Gasteiger partial charge in [0.2, 0.25) is 17.7 Å². The number of benzene rings is 1. The molecule has 3 amide bonds. The van der Waals surface area contributed by atoms with Gasteiger partial charge in [-0.05, 0) is 50.3 Å². The molecule has 1 aromatic heterocycles. The van der Waals surface area contributed by atoms with E-state index in [2.05, 4.69) is 25.9 Å². The molecule has 0 bridgehead atoms. The van der Waals surface area contributed by atoms with Gasteiger partial charge in [-0.15, -0.1) is 0 Å². The highest BCUT2D eigenvalue weighted by Gasteiger charge is 2.31. The lowest BCUT2D eigenvalue weighted by Gasteiger charge is -2.25. The maximum absolute atomic E-state index is 13.5. The normalized spacial score (nSPS) is 13.7. The number of hydrogen-bond donors (Lipinski definition) is 10. The second-order valence-corrected chi connectivity index (χ2v) is 10.0. The van der Waals surface area contributed by atoms with Crippen molar-refractivity contribution in [1.82, 2.24) is 20.9 Å². The number of aliphatic imine (C=N–C) groups is 1. The lowest BCUT2D eigenvalue weighted by atomic mass is 10.0. The minimum absolute atomic E-state index is 0.0607. The van der Waals surface area contributed by atoms with Gasteiger partial charge in [0, 0.05) is 30.1 Å². The molecule has 4 atom stereocenters. The summed E-state index contributed by atoms with van der Waals surface area (Å²) in [6.07, 6.45) is 2.63. The van der Waals surface area contributed by atoms with Crippen molar-refractivity contribution in [3.8, 4) is 0 Å². The number of nitrogens with two attached hydrogens (primary N) is 4. The van der Waals surface area contributed by atoms with E-state index in [0.29, 0.717) is 31.4 Å². The highest BCUT2D eigenvalue weighted by atomic mass is 16.4. The monoisotopic (exact) mass is 603 g/mol. The Bertz CT molecular complexity index is 1290. The summed E-state index contributed by atoms with van der Waals surface area (Å²) in [7, 11) is 0. The second kappa shape index (κ2) is 17.3. The molecule has 16 nitrogen and oxygen atoms in total. The smallest absolute Gasteiger partial charge is 0.326 e. The Kier molecular flexibility index (Phi) is 13.9. The van der Waals surface area contributed by atoms with E-state index in [9.17, 15) is 29.1 Å². The summed E-state index contributed by atoms with van der Waals surface area (Å²) in [4.78, 5) is 69.3. The van der Waals surface area contributed by atoms with Gasteiger partial charge in [-0.2, -0.15) is 0 Å². The summed E-state index contributed by atoms with van der Waals surface area (Å²) >= 11 is 0. The molecule has 1 aromatic carbocycles. The number of carbonyl (C=O) groups is 5. The molecule has 0 spiro atoms. The molecule has 4 unspecified atom stereocenters. The van der Waals surface area contributed by atoms with Crippen molar-refractivity contribution in [3.05, 3.63) is 36.0 Å². The number of aromatic nitrogens is 1. The Labute approximate surface area is 248 Å². The molecule has 14 N–H and O–H groups in total. The molecular formula is C27H41N9O7. The molecule has 16 heteroatoms. The number of H-pyrrole nitrogens is 1. The molecule has 2 aromatic rings.